The number of rotatable bonds is 0. The van der Waals surface area contributed by atoms with Crippen molar-refractivity contribution in [3.05, 3.63) is 39.4 Å². The van der Waals surface area contributed by atoms with E-state index in [1.807, 2.05) is 0 Å². The summed E-state index contributed by atoms with van der Waals surface area (Å²) in [5, 5.41) is 37.5. The quantitative estimate of drug-likeness (QED) is 0.477. The first-order valence-electron chi connectivity index (χ1n) is 1.34. The van der Waals surface area contributed by atoms with Crippen molar-refractivity contribution >= 4 is 0 Å². The number of hydrogen-bond donors (Lipinski definition) is 1. The summed E-state index contributed by atoms with van der Waals surface area (Å²) in [4.78, 5) is 0. The Morgan fingerprint density at radius 1 is 0.357 bits per heavy atom. The van der Waals surface area contributed by atoms with Gasteiger partial charge in [0.1, 0.15) is 0 Å². The van der Waals surface area contributed by atoms with Crippen molar-refractivity contribution in [3.63, 3.8) is 0 Å². The molecule has 71 valence electrons. The normalized spacial score (nSPS) is 0.857. The minimum Gasteiger partial charge on any atom is -0.512 e. The van der Waals surface area contributed by atoms with Gasteiger partial charge in [-0.3, -0.25) is 0 Å². The first-order valence-corrected chi connectivity index (χ1v) is 1.34. The maximum atomic E-state index is 6.25. The fraction of sp³-hybridized carbons (Fsp3) is 0. The predicted octanol–water partition coefficient (Wildman–Crippen LogP) is 0.952. The smallest absolute Gasteiger partial charge is 0.512 e. The van der Waals surface area contributed by atoms with Gasteiger partial charge in [0, 0.05) is 0 Å². The molecule has 14 heavy (non-hydrogen) atoms. The van der Waals surface area contributed by atoms with Crippen LogP contribution in [0.25, 0.3) is 0 Å². The van der Waals surface area contributed by atoms with Crippen molar-refractivity contribution in [1.29, 1.82) is 31.6 Å². The van der Waals surface area contributed by atoms with E-state index in [2.05, 4.69) is 0 Å². The average Bonchev–Trinajstić information content (AvgIpc) is 2.33. The third-order valence-corrected chi connectivity index (χ3v) is 0. The molecule has 0 aromatic rings. The van der Waals surface area contributed by atoms with Gasteiger partial charge in [0.2, 0.25) is 0 Å². The van der Waals surface area contributed by atoms with Gasteiger partial charge >= 0.3 is 17.1 Å². The van der Waals surface area contributed by atoms with Gasteiger partial charge in [0.05, 0.1) is 0 Å². The van der Waals surface area contributed by atoms with Crippen LogP contribution < -0.4 is 6.15 Å². The van der Waals surface area contributed by atoms with Crippen molar-refractivity contribution < 1.29 is 17.1 Å². The minimum absolute atomic E-state index is 0. The molecule has 0 spiro atoms. The van der Waals surface area contributed by atoms with Crippen LogP contribution in [0, 0.1) is 71.0 Å². The molecule has 0 saturated heterocycles. The van der Waals surface area contributed by atoms with Crippen molar-refractivity contribution in [2.45, 2.75) is 0 Å². The Labute approximate surface area is 94.7 Å². The molecule has 0 fully saturated rings. The first kappa shape index (κ1) is 106. The van der Waals surface area contributed by atoms with Gasteiger partial charge in [-0.05, 0) is 0 Å². The Hall–Kier alpha value is -2.58. The van der Waals surface area contributed by atoms with Gasteiger partial charge in [-0.15, -0.1) is 0 Å². The van der Waals surface area contributed by atoms with Crippen LogP contribution in [0.5, 0.6) is 0 Å². The van der Waals surface area contributed by atoms with Crippen LogP contribution in [0.3, 0.4) is 0 Å². The van der Waals surface area contributed by atoms with Crippen molar-refractivity contribution in [3.8, 4) is 0 Å². The van der Waals surface area contributed by atoms with E-state index in [0.717, 1.165) is 0 Å². The van der Waals surface area contributed by atoms with E-state index >= 15 is 0 Å². The maximum Gasteiger partial charge on any atom is 5.00 e. The van der Waals surface area contributed by atoms with Crippen LogP contribution in [0.15, 0.2) is 0 Å². The molecule has 1 radical (unpaired) electrons. The van der Waals surface area contributed by atoms with Crippen LogP contribution in [0.2, 0.25) is 0 Å². The molecule has 0 unspecified atom stereocenters. The topological polar surface area (TPSA) is 179 Å². The second kappa shape index (κ2) is 139. The molecule has 0 aliphatic carbocycles. The van der Waals surface area contributed by atoms with Crippen molar-refractivity contribution in [1.82, 2.24) is 6.15 Å². The Morgan fingerprint density at radius 3 is 0.357 bits per heavy atom. The van der Waals surface area contributed by atoms with Crippen LogP contribution in [-0.2, 0) is 17.1 Å². The van der Waals surface area contributed by atoms with E-state index in [9.17, 15) is 0 Å². The SMILES string of the molecule is [C-]#N.[C-]#N.[C-]#N.[C-]#N.[C-]#N.[C-]#N.[Fe+5].[NH4+]. The summed E-state index contributed by atoms with van der Waals surface area (Å²) in [7, 11) is 0. The van der Waals surface area contributed by atoms with Crippen molar-refractivity contribution in [2.24, 2.45) is 0 Å². The molecule has 7 nitrogen and oxygen atoms in total. The third kappa shape index (κ3) is 100. The van der Waals surface area contributed by atoms with Gasteiger partial charge in [-0.25, -0.2) is 0 Å². The summed E-state index contributed by atoms with van der Waals surface area (Å²) >= 11 is 0. The van der Waals surface area contributed by atoms with Gasteiger partial charge in [-0.1, -0.05) is 0 Å². The molecule has 0 aromatic carbocycles. The maximum absolute atomic E-state index is 6.25. The van der Waals surface area contributed by atoms with Crippen LogP contribution in [-0.4, -0.2) is 0 Å². The molecular weight excluding hydrogens is 226 g/mol. The van der Waals surface area contributed by atoms with E-state index in [4.69, 9.17) is 71.0 Å². The Balaban J connectivity index is -0.00000000500. The van der Waals surface area contributed by atoms with E-state index in [0.29, 0.717) is 0 Å². The van der Waals surface area contributed by atoms with Crippen LogP contribution >= 0.6 is 0 Å². The molecule has 0 atom stereocenters. The van der Waals surface area contributed by atoms with Crippen LogP contribution in [0.4, 0.5) is 0 Å². The Morgan fingerprint density at radius 2 is 0.357 bits per heavy atom. The zero-order chi connectivity index (χ0) is 12.0. The van der Waals surface area contributed by atoms with Crippen molar-refractivity contribution in [2.75, 3.05) is 0 Å². The molecule has 8 heteroatoms. The summed E-state index contributed by atoms with van der Waals surface area (Å²) in [5.74, 6) is 0. The van der Waals surface area contributed by atoms with E-state index in [1.54, 1.807) is 0 Å². The molecule has 0 aliphatic rings. The Kier molecular flexibility index (Phi) is 1050. The fourth-order valence-electron chi connectivity index (χ4n) is 0. The molecule has 0 rings (SSSR count). The summed E-state index contributed by atoms with van der Waals surface area (Å²) in [6, 6.07) is 0. The molecule has 0 heterocycles. The monoisotopic (exact) mass is 230 g/mol. The Bertz CT molecular complexity index is 93.2. The molecular formula is C6H4FeN7. The summed E-state index contributed by atoms with van der Waals surface area (Å²) in [6.45, 7) is 28.5. The molecule has 0 amide bonds. The number of quaternary nitrogens is 1. The van der Waals surface area contributed by atoms with Gasteiger partial charge < -0.3 is 77.2 Å². The van der Waals surface area contributed by atoms with E-state index < -0.39 is 0 Å². The molecule has 0 bridgehead atoms. The molecule has 0 aromatic heterocycles. The average molecular weight is 230 g/mol. The number of nitrogens with zero attached hydrogens (tertiary/aromatic N) is 6. The molecule has 4 N–H and O–H groups in total. The van der Waals surface area contributed by atoms with E-state index in [-0.39, 0.29) is 23.2 Å². The summed E-state index contributed by atoms with van der Waals surface area (Å²) < 4.78 is 0. The fourth-order valence-corrected chi connectivity index (χ4v) is 0. The third-order valence-electron chi connectivity index (χ3n) is 0. The molecule has 0 saturated carbocycles. The minimum atomic E-state index is 0. The predicted molar refractivity (Wildman–Crippen MR) is 35.8 cm³/mol. The van der Waals surface area contributed by atoms with Crippen LogP contribution in [0.1, 0.15) is 0 Å². The summed E-state index contributed by atoms with van der Waals surface area (Å²) in [5.41, 5.74) is 0. The zero-order valence-electron chi connectivity index (χ0n) is 7.04. The zero-order valence-corrected chi connectivity index (χ0v) is 8.14. The second-order valence-electron chi connectivity index (χ2n) is 0. The first-order chi connectivity index (χ1) is 6.00. The number of hydrogen-bond acceptors (Lipinski definition) is 6. The van der Waals surface area contributed by atoms with Gasteiger partial charge in [0.25, 0.3) is 0 Å². The van der Waals surface area contributed by atoms with Gasteiger partial charge in [-0.2, -0.15) is 0 Å². The standard InChI is InChI=1S/6CN.Fe.H3N/c6*1-2;;/h;;;;;;;1H3/q6*-1;+5;/p+1. The van der Waals surface area contributed by atoms with Gasteiger partial charge in [0.15, 0.2) is 0 Å². The summed E-state index contributed by atoms with van der Waals surface area (Å²) in [6.07, 6.45) is 0. The molecule has 0 aliphatic heterocycles. The van der Waals surface area contributed by atoms with E-state index in [1.165, 1.54) is 0 Å². The second-order valence-corrected chi connectivity index (χ2v) is 0. The largest absolute Gasteiger partial charge is 5.00 e.